The number of carbonyl (C=O) groups is 1. The molecule has 0 saturated carbocycles. The molecule has 3 aromatic rings. The molecule has 0 bridgehead atoms. The molecule has 0 aliphatic heterocycles. The van der Waals surface area contributed by atoms with Crippen LogP contribution in [-0.2, 0) is 4.79 Å². The van der Waals surface area contributed by atoms with E-state index in [4.69, 9.17) is 4.74 Å². The fourth-order valence-corrected chi connectivity index (χ4v) is 2.25. The molecule has 0 unspecified atom stereocenters. The zero-order valence-electron chi connectivity index (χ0n) is 13.5. The van der Waals surface area contributed by atoms with Crippen LogP contribution in [0.1, 0.15) is 5.56 Å². The Bertz CT molecular complexity index is 849. The largest absolute Gasteiger partial charge is 0.483 e. The molecule has 25 heavy (non-hydrogen) atoms. The van der Waals surface area contributed by atoms with Crippen molar-refractivity contribution < 1.29 is 9.53 Å². The van der Waals surface area contributed by atoms with Crippen molar-refractivity contribution in [1.29, 1.82) is 0 Å². The first-order valence-electron chi connectivity index (χ1n) is 7.82. The number of hydrogen-bond acceptors (Lipinski definition) is 4. The van der Waals surface area contributed by atoms with Gasteiger partial charge in [-0.1, -0.05) is 48.5 Å². The molecule has 1 amide bonds. The van der Waals surface area contributed by atoms with E-state index in [1.165, 1.54) is 0 Å². The SMILES string of the molecule is O=C(COc1ccccc1-c1ccccc1)N/N=C\c1ccncc1. The molecular weight excluding hydrogens is 314 g/mol. The Balaban J connectivity index is 1.59. The number of nitrogens with one attached hydrogen (secondary N) is 1. The average Bonchev–Trinajstić information content (AvgIpc) is 2.68. The topological polar surface area (TPSA) is 63.6 Å². The van der Waals surface area contributed by atoms with E-state index >= 15 is 0 Å². The van der Waals surface area contributed by atoms with Crippen LogP contribution in [-0.4, -0.2) is 23.7 Å². The maximum Gasteiger partial charge on any atom is 0.277 e. The van der Waals surface area contributed by atoms with Gasteiger partial charge in [-0.25, -0.2) is 5.43 Å². The minimum Gasteiger partial charge on any atom is -0.483 e. The molecule has 0 aliphatic carbocycles. The van der Waals surface area contributed by atoms with Crippen molar-refractivity contribution in [3.05, 3.63) is 84.7 Å². The van der Waals surface area contributed by atoms with Crippen molar-refractivity contribution in [2.75, 3.05) is 6.61 Å². The van der Waals surface area contributed by atoms with Crippen LogP contribution in [0.15, 0.2) is 84.2 Å². The number of hydrogen-bond donors (Lipinski definition) is 1. The highest BCUT2D eigenvalue weighted by Crippen LogP contribution is 2.29. The summed E-state index contributed by atoms with van der Waals surface area (Å²) in [6.45, 7) is -0.114. The smallest absolute Gasteiger partial charge is 0.277 e. The number of carbonyl (C=O) groups excluding carboxylic acids is 1. The van der Waals surface area contributed by atoms with E-state index < -0.39 is 0 Å². The average molecular weight is 331 g/mol. The summed E-state index contributed by atoms with van der Waals surface area (Å²) < 4.78 is 5.66. The number of nitrogens with zero attached hydrogens (tertiary/aromatic N) is 2. The molecule has 1 aromatic heterocycles. The number of para-hydroxylation sites is 1. The summed E-state index contributed by atoms with van der Waals surface area (Å²) >= 11 is 0. The second kappa shape index (κ2) is 8.40. The lowest BCUT2D eigenvalue weighted by Crippen LogP contribution is -2.24. The first-order valence-corrected chi connectivity index (χ1v) is 7.82. The highest BCUT2D eigenvalue weighted by atomic mass is 16.5. The van der Waals surface area contributed by atoms with Gasteiger partial charge in [0, 0.05) is 18.0 Å². The summed E-state index contributed by atoms with van der Waals surface area (Å²) in [7, 11) is 0. The standard InChI is InChI=1S/C20H17N3O2/c24-20(23-22-14-16-10-12-21-13-11-16)15-25-19-9-5-4-8-18(19)17-6-2-1-3-7-17/h1-14H,15H2,(H,23,24)/b22-14-. The third kappa shape index (κ3) is 4.75. The molecular formula is C20H17N3O2. The van der Waals surface area contributed by atoms with Gasteiger partial charge in [0.25, 0.3) is 5.91 Å². The minimum absolute atomic E-state index is 0.114. The van der Waals surface area contributed by atoms with Gasteiger partial charge in [-0.15, -0.1) is 0 Å². The Morgan fingerprint density at radius 3 is 2.52 bits per heavy atom. The van der Waals surface area contributed by atoms with Gasteiger partial charge in [0.1, 0.15) is 5.75 Å². The molecule has 0 spiro atoms. The van der Waals surface area contributed by atoms with Crippen LogP contribution < -0.4 is 10.2 Å². The van der Waals surface area contributed by atoms with E-state index in [0.29, 0.717) is 5.75 Å². The lowest BCUT2D eigenvalue weighted by atomic mass is 10.1. The molecule has 2 aromatic carbocycles. The van der Waals surface area contributed by atoms with E-state index in [1.54, 1.807) is 30.7 Å². The van der Waals surface area contributed by atoms with Gasteiger partial charge in [-0.2, -0.15) is 5.10 Å². The summed E-state index contributed by atoms with van der Waals surface area (Å²) in [5.74, 6) is 0.329. The maximum atomic E-state index is 11.9. The Morgan fingerprint density at radius 2 is 1.72 bits per heavy atom. The number of rotatable bonds is 6. The molecule has 1 N–H and O–H groups in total. The molecule has 0 aliphatic rings. The first-order chi connectivity index (χ1) is 12.3. The summed E-state index contributed by atoms with van der Waals surface area (Å²) in [5, 5.41) is 3.90. The maximum absolute atomic E-state index is 11.9. The molecule has 124 valence electrons. The quantitative estimate of drug-likeness (QED) is 0.557. The van der Waals surface area contributed by atoms with Crippen LogP contribution in [0.25, 0.3) is 11.1 Å². The Morgan fingerprint density at radius 1 is 1.00 bits per heavy atom. The number of ether oxygens (including phenoxy) is 1. The van der Waals surface area contributed by atoms with Gasteiger partial charge >= 0.3 is 0 Å². The fourth-order valence-electron chi connectivity index (χ4n) is 2.25. The van der Waals surface area contributed by atoms with Crippen LogP contribution in [0.4, 0.5) is 0 Å². The number of benzene rings is 2. The predicted octanol–water partition coefficient (Wildman–Crippen LogP) is 3.28. The summed E-state index contributed by atoms with van der Waals surface area (Å²) in [6.07, 6.45) is 4.87. The second-order valence-electron chi connectivity index (χ2n) is 5.22. The zero-order valence-corrected chi connectivity index (χ0v) is 13.5. The summed E-state index contributed by atoms with van der Waals surface area (Å²) in [4.78, 5) is 15.8. The van der Waals surface area contributed by atoms with Crippen molar-refractivity contribution in [2.24, 2.45) is 5.10 Å². The molecule has 5 heteroatoms. The van der Waals surface area contributed by atoms with Crippen LogP contribution in [0.5, 0.6) is 5.75 Å². The number of pyridine rings is 1. The van der Waals surface area contributed by atoms with Crippen molar-refractivity contribution in [1.82, 2.24) is 10.4 Å². The summed E-state index contributed by atoms with van der Waals surface area (Å²) in [5.41, 5.74) is 5.28. The van der Waals surface area contributed by atoms with E-state index in [0.717, 1.165) is 16.7 Å². The predicted molar refractivity (Wildman–Crippen MR) is 97.3 cm³/mol. The van der Waals surface area contributed by atoms with E-state index in [-0.39, 0.29) is 12.5 Å². The Labute approximate surface area is 146 Å². The molecule has 0 saturated heterocycles. The molecule has 1 heterocycles. The highest BCUT2D eigenvalue weighted by molar-refractivity contribution is 5.83. The normalized spacial score (nSPS) is 10.6. The number of aromatic nitrogens is 1. The van der Waals surface area contributed by atoms with Gasteiger partial charge in [0.05, 0.1) is 6.21 Å². The van der Waals surface area contributed by atoms with Crippen LogP contribution in [0.2, 0.25) is 0 Å². The molecule has 0 radical (unpaired) electrons. The lowest BCUT2D eigenvalue weighted by molar-refractivity contribution is -0.123. The third-order valence-electron chi connectivity index (χ3n) is 3.44. The minimum atomic E-state index is -0.326. The van der Waals surface area contributed by atoms with Crippen molar-refractivity contribution in [3.63, 3.8) is 0 Å². The van der Waals surface area contributed by atoms with Gasteiger partial charge in [-0.3, -0.25) is 9.78 Å². The van der Waals surface area contributed by atoms with E-state index in [2.05, 4.69) is 15.5 Å². The van der Waals surface area contributed by atoms with Crippen molar-refractivity contribution >= 4 is 12.1 Å². The summed E-state index contributed by atoms with van der Waals surface area (Å²) in [6, 6.07) is 21.1. The fraction of sp³-hybridized carbons (Fsp3) is 0.0500. The van der Waals surface area contributed by atoms with Gasteiger partial charge in [-0.05, 0) is 29.3 Å². The molecule has 5 nitrogen and oxygen atoms in total. The van der Waals surface area contributed by atoms with Crippen LogP contribution in [0.3, 0.4) is 0 Å². The zero-order chi connectivity index (χ0) is 17.3. The Kier molecular flexibility index (Phi) is 5.51. The number of hydrazone groups is 1. The third-order valence-corrected chi connectivity index (χ3v) is 3.44. The van der Waals surface area contributed by atoms with Gasteiger partial charge in [0.15, 0.2) is 6.61 Å². The van der Waals surface area contributed by atoms with Gasteiger partial charge in [0.2, 0.25) is 0 Å². The second-order valence-corrected chi connectivity index (χ2v) is 5.22. The van der Waals surface area contributed by atoms with Crippen LogP contribution in [0, 0.1) is 0 Å². The first kappa shape index (κ1) is 16.4. The Hall–Kier alpha value is -3.47. The molecule has 3 rings (SSSR count). The van der Waals surface area contributed by atoms with E-state index in [9.17, 15) is 4.79 Å². The van der Waals surface area contributed by atoms with Crippen LogP contribution >= 0.6 is 0 Å². The van der Waals surface area contributed by atoms with Crippen molar-refractivity contribution in [2.45, 2.75) is 0 Å². The lowest BCUT2D eigenvalue weighted by Gasteiger charge is -2.10. The highest BCUT2D eigenvalue weighted by Gasteiger charge is 2.07. The monoisotopic (exact) mass is 331 g/mol. The van der Waals surface area contributed by atoms with Gasteiger partial charge < -0.3 is 4.74 Å². The van der Waals surface area contributed by atoms with Crippen molar-refractivity contribution in [3.8, 4) is 16.9 Å². The molecule has 0 fully saturated rings. The van der Waals surface area contributed by atoms with E-state index in [1.807, 2.05) is 54.6 Å². The molecule has 0 atom stereocenters. The number of amides is 1.